The molecule has 0 amide bonds. The van der Waals surface area contributed by atoms with Gasteiger partial charge in [0, 0.05) is 0 Å². The predicted octanol–water partition coefficient (Wildman–Crippen LogP) is 4.65. The quantitative estimate of drug-likeness (QED) is 0.554. The fraction of sp³-hybridized carbons (Fsp3) is 0.571. The third-order valence-electron chi connectivity index (χ3n) is 3.11. The van der Waals surface area contributed by atoms with E-state index in [4.69, 9.17) is 0 Å². The molecule has 0 nitrogen and oxygen atoms in total. The molecule has 1 aliphatic rings. The van der Waals surface area contributed by atoms with Crippen LogP contribution in [0.3, 0.4) is 0 Å². The standard InChI is InChI=1S/C14H22/c1-5-8-12(7-3)13(9-6-2)14(4)10-11-14/h6,8-9H,2,5,7,10-11H2,1,3-4H3/b12-8-,13-9+. The zero-order valence-corrected chi connectivity index (χ0v) is 9.77. The lowest BCUT2D eigenvalue weighted by Gasteiger charge is -2.16. The van der Waals surface area contributed by atoms with E-state index in [-0.39, 0.29) is 0 Å². The van der Waals surface area contributed by atoms with Crippen molar-refractivity contribution in [3.8, 4) is 0 Å². The van der Waals surface area contributed by atoms with E-state index in [1.165, 1.54) is 24.0 Å². The fourth-order valence-electron chi connectivity index (χ4n) is 1.96. The SMILES string of the molecule is C=C/C=C(\C(=C/CC)CC)C1(C)CC1. The number of allylic oxidation sites excluding steroid dienone is 5. The molecule has 14 heavy (non-hydrogen) atoms. The zero-order valence-electron chi connectivity index (χ0n) is 9.77. The Labute approximate surface area is 88.4 Å². The Bertz CT molecular complexity index is 262. The van der Waals surface area contributed by atoms with Gasteiger partial charge in [-0.15, -0.1) is 0 Å². The molecule has 1 rings (SSSR count). The molecule has 0 N–H and O–H groups in total. The van der Waals surface area contributed by atoms with Crippen LogP contribution in [0.4, 0.5) is 0 Å². The Hall–Kier alpha value is -0.780. The first-order chi connectivity index (χ1) is 6.68. The van der Waals surface area contributed by atoms with Crippen LogP contribution in [-0.4, -0.2) is 0 Å². The summed E-state index contributed by atoms with van der Waals surface area (Å²) < 4.78 is 0. The van der Waals surface area contributed by atoms with Gasteiger partial charge in [0.05, 0.1) is 0 Å². The Balaban J connectivity index is 2.92. The van der Waals surface area contributed by atoms with Gasteiger partial charge in [0.1, 0.15) is 0 Å². The summed E-state index contributed by atoms with van der Waals surface area (Å²) >= 11 is 0. The molecule has 0 heteroatoms. The van der Waals surface area contributed by atoms with E-state index in [0.29, 0.717) is 5.41 Å². The van der Waals surface area contributed by atoms with Crippen molar-refractivity contribution >= 4 is 0 Å². The molecule has 0 saturated heterocycles. The third-order valence-corrected chi connectivity index (χ3v) is 3.11. The molecule has 0 aromatic carbocycles. The van der Waals surface area contributed by atoms with Crippen molar-refractivity contribution in [3.63, 3.8) is 0 Å². The van der Waals surface area contributed by atoms with E-state index in [0.717, 1.165) is 12.8 Å². The lowest BCUT2D eigenvalue weighted by atomic mass is 9.88. The number of hydrogen-bond donors (Lipinski definition) is 0. The van der Waals surface area contributed by atoms with Crippen LogP contribution < -0.4 is 0 Å². The fourth-order valence-corrected chi connectivity index (χ4v) is 1.96. The first-order valence-corrected chi connectivity index (χ1v) is 5.70. The Kier molecular flexibility index (Phi) is 3.74. The van der Waals surface area contributed by atoms with Crippen LogP contribution in [-0.2, 0) is 0 Å². The molecule has 0 heterocycles. The smallest absolute Gasteiger partial charge is 0.00720 e. The average Bonchev–Trinajstić information content (AvgIpc) is 2.91. The van der Waals surface area contributed by atoms with Crippen LogP contribution in [0.5, 0.6) is 0 Å². The molecule has 0 aliphatic heterocycles. The molecule has 0 radical (unpaired) electrons. The maximum atomic E-state index is 3.81. The molecular weight excluding hydrogens is 168 g/mol. The van der Waals surface area contributed by atoms with Gasteiger partial charge in [-0.1, -0.05) is 45.6 Å². The minimum Gasteiger partial charge on any atom is -0.0991 e. The van der Waals surface area contributed by atoms with Gasteiger partial charge in [0.15, 0.2) is 0 Å². The van der Waals surface area contributed by atoms with E-state index in [1.807, 2.05) is 6.08 Å². The predicted molar refractivity (Wildman–Crippen MR) is 64.3 cm³/mol. The first-order valence-electron chi connectivity index (χ1n) is 5.70. The van der Waals surface area contributed by atoms with E-state index in [1.54, 1.807) is 0 Å². The molecule has 0 spiro atoms. The maximum Gasteiger partial charge on any atom is -0.00720 e. The third kappa shape index (κ3) is 2.37. The van der Waals surface area contributed by atoms with Crippen LogP contribution in [0.25, 0.3) is 0 Å². The minimum absolute atomic E-state index is 0.463. The minimum atomic E-state index is 0.463. The summed E-state index contributed by atoms with van der Waals surface area (Å²) in [5.74, 6) is 0. The van der Waals surface area contributed by atoms with Gasteiger partial charge in [0.2, 0.25) is 0 Å². The maximum absolute atomic E-state index is 3.81. The highest BCUT2D eigenvalue weighted by Gasteiger charge is 2.41. The Morgan fingerprint density at radius 1 is 1.36 bits per heavy atom. The Morgan fingerprint density at radius 3 is 2.36 bits per heavy atom. The van der Waals surface area contributed by atoms with Gasteiger partial charge in [-0.25, -0.2) is 0 Å². The first kappa shape index (κ1) is 11.3. The largest absolute Gasteiger partial charge is 0.0991 e. The van der Waals surface area contributed by atoms with Gasteiger partial charge in [-0.3, -0.25) is 0 Å². The van der Waals surface area contributed by atoms with E-state index >= 15 is 0 Å². The van der Waals surface area contributed by atoms with Crippen molar-refractivity contribution in [2.75, 3.05) is 0 Å². The summed E-state index contributed by atoms with van der Waals surface area (Å²) in [4.78, 5) is 0. The molecule has 0 aromatic heterocycles. The topological polar surface area (TPSA) is 0 Å². The van der Waals surface area contributed by atoms with Crippen LogP contribution >= 0.6 is 0 Å². The molecule has 1 aliphatic carbocycles. The van der Waals surface area contributed by atoms with Gasteiger partial charge in [-0.2, -0.15) is 0 Å². The molecule has 1 saturated carbocycles. The summed E-state index contributed by atoms with van der Waals surface area (Å²) in [6.07, 6.45) is 11.5. The summed E-state index contributed by atoms with van der Waals surface area (Å²) in [6.45, 7) is 10.6. The number of rotatable bonds is 5. The molecule has 78 valence electrons. The van der Waals surface area contributed by atoms with Gasteiger partial charge < -0.3 is 0 Å². The van der Waals surface area contributed by atoms with Crippen LogP contribution in [0.15, 0.2) is 36.0 Å². The van der Waals surface area contributed by atoms with Gasteiger partial charge in [0.25, 0.3) is 0 Å². The van der Waals surface area contributed by atoms with Crippen LogP contribution in [0.1, 0.15) is 46.5 Å². The second kappa shape index (κ2) is 4.63. The summed E-state index contributed by atoms with van der Waals surface area (Å²) in [7, 11) is 0. The second-order valence-corrected chi connectivity index (χ2v) is 4.37. The van der Waals surface area contributed by atoms with Crippen molar-refractivity contribution in [1.29, 1.82) is 0 Å². The molecule has 1 fully saturated rings. The van der Waals surface area contributed by atoms with E-state index < -0.39 is 0 Å². The van der Waals surface area contributed by atoms with Gasteiger partial charge in [-0.05, 0) is 42.2 Å². The summed E-state index contributed by atoms with van der Waals surface area (Å²) in [5, 5.41) is 0. The molecular formula is C14H22. The zero-order chi connectivity index (χ0) is 10.6. The highest BCUT2D eigenvalue weighted by Crippen LogP contribution is 2.54. The van der Waals surface area contributed by atoms with Crippen molar-refractivity contribution in [2.24, 2.45) is 5.41 Å². The average molecular weight is 190 g/mol. The van der Waals surface area contributed by atoms with E-state index in [9.17, 15) is 0 Å². The molecule has 0 atom stereocenters. The highest BCUT2D eigenvalue weighted by atomic mass is 14.4. The number of hydrogen-bond acceptors (Lipinski definition) is 0. The normalized spacial score (nSPS) is 20.8. The summed E-state index contributed by atoms with van der Waals surface area (Å²) in [5.41, 5.74) is 3.51. The highest BCUT2D eigenvalue weighted by molar-refractivity contribution is 5.41. The van der Waals surface area contributed by atoms with Crippen LogP contribution in [0, 0.1) is 5.41 Å². The molecule has 0 bridgehead atoms. The lowest BCUT2D eigenvalue weighted by molar-refractivity contribution is 0.688. The van der Waals surface area contributed by atoms with Crippen molar-refractivity contribution in [1.82, 2.24) is 0 Å². The monoisotopic (exact) mass is 190 g/mol. The second-order valence-electron chi connectivity index (χ2n) is 4.37. The van der Waals surface area contributed by atoms with Crippen LogP contribution in [0.2, 0.25) is 0 Å². The molecule has 0 unspecified atom stereocenters. The lowest BCUT2D eigenvalue weighted by Crippen LogP contribution is -2.02. The van der Waals surface area contributed by atoms with Crippen molar-refractivity contribution in [3.05, 3.63) is 36.0 Å². The van der Waals surface area contributed by atoms with Gasteiger partial charge >= 0.3 is 0 Å². The molecule has 0 aromatic rings. The van der Waals surface area contributed by atoms with E-state index in [2.05, 4.69) is 39.5 Å². The summed E-state index contributed by atoms with van der Waals surface area (Å²) in [6, 6.07) is 0. The van der Waals surface area contributed by atoms with Crippen molar-refractivity contribution in [2.45, 2.75) is 46.5 Å². The van der Waals surface area contributed by atoms with Crippen molar-refractivity contribution < 1.29 is 0 Å². The Morgan fingerprint density at radius 2 is 2.00 bits per heavy atom.